The molecule has 1 rings (SSSR count). The average molecular weight is 200 g/mol. The van der Waals surface area contributed by atoms with Gasteiger partial charge in [-0.3, -0.25) is 0 Å². The minimum absolute atomic E-state index is 1.26. The van der Waals surface area contributed by atoms with Crippen LogP contribution in [0.1, 0.15) is 0 Å². The Morgan fingerprint density at radius 3 is 1.00 bits per heavy atom. The van der Waals surface area contributed by atoms with Gasteiger partial charge < -0.3 is 0 Å². The number of rotatable bonds is 0. The van der Waals surface area contributed by atoms with Crippen LogP contribution in [-0.4, -0.2) is 51.0 Å². The van der Waals surface area contributed by atoms with Crippen LogP contribution in [0.3, 0.4) is 0 Å². The molecule has 12 radical (unpaired) electrons. The first-order valence-corrected chi connectivity index (χ1v) is 4.15. The van der Waals surface area contributed by atoms with Crippen molar-refractivity contribution < 1.29 is 19.6 Å². The Labute approximate surface area is 71.1 Å². The highest BCUT2D eigenvalue weighted by molar-refractivity contribution is 6.39. The molecule has 1 saturated heterocycles. The van der Waals surface area contributed by atoms with Gasteiger partial charge >= 0.3 is 0 Å². The molecular weight excluding hydrogens is 200 g/mol. The summed E-state index contributed by atoms with van der Waals surface area (Å²) in [4.78, 5) is 18.3. The molecule has 8 heteroatoms. The zero-order chi connectivity index (χ0) is 7.83. The van der Waals surface area contributed by atoms with Crippen molar-refractivity contribution in [1.29, 1.82) is 0 Å². The summed E-state index contributed by atoms with van der Waals surface area (Å²) in [5.74, 6) is 0. The molecule has 0 amide bonds. The molecule has 0 N–H and O–H groups in total. The van der Waals surface area contributed by atoms with Crippen LogP contribution >= 0.6 is 0 Å². The fourth-order valence-corrected chi connectivity index (χ4v) is 0.596. The summed E-state index contributed by atoms with van der Waals surface area (Å²) in [5.41, 5.74) is 0. The second-order valence-electron chi connectivity index (χ2n) is 1.57. The van der Waals surface area contributed by atoms with Crippen LogP contribution in [-0.2, 0) is 19.6 Å². The van der Waals surface area contributed by atoms with Gasteiger partial charge in [-0.1, -0.05) is 0 Å². The lowest BCUT2D eigenvalue weighted by Crippen LogP contribution is -2.52. The summed E-state index contributed by atoms with van der Waals surface area (Å²) in [6.07, 6.45) is 0. The molecule has 0 bridgehead atoms. The van der Waals surface area contributed by atoms with Crippen molar-refractivity contribution in [1.82, 2.24) is 0 Å². The van der Waals surface area contributed by atoms with Crippen molar-refractivity contribution in [2.24, 2.45) is 0 Å². The monoisotopic (exact) mass is 200 g/mol. The maximum Gasteiger partial charge on any atom is 0.187 e. The van der Waals surface area contributed by atoms with E-state index in [2.05, 4.69) is 60.5 Å². The van der Waals surface area contributed by atoms with Gasteiger partial charge in [0.2, 0.25) is 0 Å². The first kappa shape index (κ1) is 8.80. The van der Waals surface area contributed by atoms with Gasteiger partial charge in [-0.15, -0.1) is 0 Å². The minimum atomic E-state index is -1.26. The van der Waals surface area contributed by atoms with E-state index in [1.807, 2.05) is 0 Å². The van der Waals surface area contributed by atoms with Crippen molar-refractivity contribution in [2.45, 2.75) is 10.1 Å². The molecule has 0 spiro atoms. The van der Waals surface area contributed by atoms with Crippen molar-refractivity contribution >= 4 is 41.0 Å². The van der Waals surface area contributed by atoms with E-state index in [0.717, 1.165) is 0 Å². The molecule has 0 aromatic rings. The van der Waals surface area contributed by atoms with E-state index in [1.54, 1.807) is 0 Å². The Morgan fingerprint density at radius 1 is 0.600 bits per heavy atom. The van der Waals surface area contributed by atoms with Crippen molar-refractivity contribution in [2.75, 3.05) is 0 Å². The third kappa shape index (κ3) is 2.39. The Bertz CT molecular complexity index is 107. The quantitative estimate of drug-likeness (QED) is 0.328. The molecule has 0 saturated carbocycles. The summed E-state index contributed by atoms with van der Waals surface area (Å²) in [7, 11) is 11.9. The summed E-state index contributed by atoms with van der Waals surface area (Å²) in [6, 6.07) is 0. The van der Waals surface area contributed by atoms with Gasteiger partial charge in [-0.2, -0.15) is 0 Å². The normalized spacial score (nSPS) is 30.0. The third-order valence-corrected chi connectivity index (χ3v) is 1.22. The summed E-state index contributed by atoms with van der Waals surface area (Å²) < 4.78 is 0. The molecule has 1 aliphatic heterocycles. The van der Waals surface area contributed by atoms with Crippen LogP contribution < -0.4 is 0 Å². The molecule has 4 nitrogen and oxygen atoms in total. The lowest BCUT2D eigenvalue weighted by atomic mass is 11.3. The summed E-state index contributed by atoms with van der Waals surface area (Å²) >= 11 is 0. The smallest absolute Gasteiger partial charge is 0.187 e. The fraction of sp³-hybridized carbons (Fsp3) is 1.00. The molecular formula is C2O4Si4. The maximum absolute atomic E-state index is 4.56. The first-order chi connectivity index (χ1) is 4.41. The largest absolute Gasteiger partial charge is 0.206 e. The van der Waals surface area contributed by atoms with Crippen LogP contribution in [0, 0.1) is 0 Å². The Kier molecular flexibility index (Phi) is 2.32. The predicted octanol–water partition coefficient (Wildman–Crippen LogP) is -2.21. The molecule has 1 heterocycles. The standard InChI is InChI=1S/C2O4Si4/c7-1(8)3-5-2(9,10)6-4-1. The van der Waals surface area contributed by atoms with Crippen LogP contribution in [0.5, 0.6) is 0 Å². The molecule has 48 valence electrons. The second kappa shape index (κ2) is 2.64. The van der Waals surface area contributed by atoms with Crippen LogP contribution in [0.4, 0.5) is 0 Å². The molecule has 0 atom stereocenters. The molecule has 0 aromatic carbocycles. The SMILES string of the molecule is [Si]C1([Si])OOC([Si])([Si])OO1. The molecule has 0 unspecified atom stereocenters. The van der Waals surface area contributed by atoms with Crippen molar-refractivity contribution in [3.05, 3.63) is 0 Å². The maximum atomic E-state index is 4.56. The van der Waals surface area contributed by atoms with E-state index in [-0.39, 0.29) is 0 Å². The van der Waals surface area contributed by atoms with Crippen LogP contribution in [0.2, 0.25) is 0 Å². The third-order valence-electron chi connectivity index (χ3n) is 0.553. The molecule has 10 heavy (non-hydrogen) atoms. The Morgan fingerprint density at radius 2 is 0.800 bits per heavy atom. The molecule has 1 fully saturated rings. The summed E-state index contributed by atoms with van der Waals surface area (Å²) in [6.45, 7) is 0. The zero-order valence-electron chi connectivity index (χ0n) is 4.63. The summed E-state index contributed by atoms with van der Waals surface area (Å²) in [5, 5.41) is -2.52. The van der Waals surface area contributed by atoms with Crippen LogP contribution in [0.25, 0.3) is 0 Å². The van der Waals surface area contributed by atoms with E-state index in [4.69, 9.17) is 0 Å². The second-order valence-corrected chi connectivity index (χ2v) is 5.20. The van der Waals surface area contributed by atoms with Gasteiger partial charge in [-0.25, -0.2) is 19.6 Å². The highest BCUT2D eigenvalue weighted by Crippen LogP contribution is 2.18. The van der Waals surface area contributed by atoms with E-state index in [9.17, 15) is 0 Å². The van der Waals surface area contributed by atoms with Gasteiger partial charge in [0.25, 0.3) is 0 Å². The highest BCUT2D eigenvalue weighted by Gasteiger charge is 2.36. The van der Waals surface area contributed by atoms with Gasteiger partial charge in [0.1, 0.15) is 41.0 Å². The van der Waals surface area contributed by atoms with Crippen molar-refractivity contribution in [3.8, 4) is 0 Å². The minimum Gasteiger partial charge on any atom is -0.206 e. The highest BCUT2D eigenvalue weighted by atomic mass is 28.2. The zero-order valence-corrected chi connectivity index (χ0v) is 8.63. The fourth-order valence-electron chi connectivity index (χ4n) is 0.262. The first-order valence-electron chi connectivity index (χ1n) is 2.15. The van der Waals surface area contributed by atoms with Crippen molar-refractivity contribution in [3.63, 3.8) is 0 Å². The van der Waals surface area contributed by atoms with Gasteiger partial charge in [0.05, 0.1) is 0 Å². The van der Waals surface area contributed by atoms with Gasteiger partial charge in [0, 0.05) is 0 Å². The molecule has 0 aliphatic carbocycles. The van der Waals surface area contributed by atoms with Crippen LogP contribution in [0.15, 0.2) is 0 Å². The number of hydrogen-bond acceptors (Lipinski definition) is 4. The Hall–Kier alpha value is 0.708. The van der Waals surface area contributed by atoms with E-state index in [1.165, 1.54) is 0 Å². The molecule has 1 aliphatic rings. The molecule has 0 aromatic heterocycles. The topological polar surface area (TPSA) is 36.9 Å². The van der Waals surface area contributed by atoms with E-state index >= 15 is 0 Å². The lowest BCUT2D eigenvalue weighted by Gasteiger charge is -2.36. The van der Waals surface area contributed by atoms with E-state index < -0.39 is 10.1 Å². The average Bonchev–Trinajstić information content (AvgIpc) is 1.79. The Balaban J connectivity index is 2.46. The van der Waals surface area contributed by atoms with E-state index in [0.29, 0.717) is 0 Å². The van der Waals surface area contributed by atoms with Gasteiger partial charge in [0.15, 0.2) is 10.1 Å². The van der Waals surface area contributed by atoms with Gasteiger partial charge in [-0.05, 0) is 0 Å². The lowest BCUT2D eigenvalue weighted by molar-refractivity contribution is -0.581. The predicted molar refractivity (Wildman–Crippen MR) is 32.8 cm³/mol. The number of hydrogen-bond donors (Lipinski definition) is 0.